The Hall–Kier alpha value is -1.40. The summed E-state index contributed by atoms with van der Waals surface area (Å²) in [7, 11) is 1.85. The Morgan fingerprint density at radius 3 is 2.88 bits per heavy atom. The Balaban J connectivity index is 2.30. The molecule has 0 amide bonds. The lowest BCUT2D eigenvalue weighted by Crippen LogP contribution is -2.08. The monoisotopic (exact) mass is 312 g/mol. The quantitative estimate of drug-likeness (QED) is 0.944. The number of aromatic nitrogens is 1. The van der Waals surface area contributed by atoms with Crippen molar-refractivity contribution in [1.82, 2.24) is 4.98 Å². The minimum absolute atomic E-state index is 0.238. The number of nitrogens with zero attached hydrogens (tertiary/aromatic N) is 2. The van der Waals surface area contributed by atoms with E-state index in [9.17, 15) is 4.79 Å². The van der Waals surface area contributed by atoms with Crippen LogP contribution in [0.25, 0.3) is 0 Å². The zero-order valence-corrected chi connectivity index (χ0v) is 11.3. The molecule has 1 heterocycles. The average Bonchev–Trinajstić information content (AvgIpc) is 2.77. The van der Waals surface area contributed by atoms with Gasteiger partial charge in [-0.1, -0.05) is 33.3 Å². The lowest BCUT2D eigenvalue weighted by molar-refractivity contribution is 0.0702. The van der Waals surface area contributed by atoms with Gasteiger partial charge in [0.05, 0.1) is 6.20 Å². The van der Waals surface area contributed by atoms with Gasteiger partial charge in [-0.2, -0.15) is 0 Å². The minimum atomic E-state index is -0.948. The predicted octanol–water partition coefficient (Wildman–Crippen LogP) is 3.37. The molecule has 17 heavy (non-hydrogen) atoms. The molecule has 0 atom stereocenters. The first-order chi connectivity index (χ1) is 8.08. The standard InChI is InChI=1S/C11H9BrN2O2S/c1-14(8-4-2-3-7(12)5-8)11-13-6-9(17-11)10(15)16/h2-6H,1H3,(H,15,16). The van der Waals surface area contributed by atoms with Gasteiger partial charge >= 0.3 is 5.97 Å². The Labute approximate surface area is 111 Å². The normalized spacial score (nSPS) is 10.2. The van der Waals surface area contributed by atoms with Gasteiger partial charge in [0.1, 0.15) is 4.88 Å². The number of aromatic carboxylic acids is 1. The van der Waals surface area contributed by atoms with Crippen molar-refractivity contribution in [2.24, 2.45) is 0 Å². The number of carboxylic acid groups (broad SMARTS) is 1. The molecular weight excluding hydrogens is 304 g/mol. The second-order valence-electron chi connectivity index (χ2n) is 3.35. The molecule has 1 aromatic carbocycles. The molecule has 0 aliphatic rings. The van der Waals surface area contributed by atoms with Crippen LogP contribution in [0.4, 0.5) is 10.8 Å². The van der Waals surface area contributed by atoms with E-state index in [1.807, 2.05) is 36.2 Å². The van der Waals surface area contributed by atoms with Gasteiger partial charge in [-0.05, 0) is 18.2 Å². The van der Waals surface area contributed by atoms with Crippen molar-refractivity contribution in [3.05, 3.63) is 39.8 Å². The Morgan fingerprint density at radius 2 is 2.29 bits per heavy atom. The number of thiazole rings is 1. The lowest BCUT2D eigenvalue weighted by Gasteiger charge is -2.15. The zero-order chi connectivity index (χ0) is 12.4. The van der Waals surface area contributed by atoms with Crippen molar-refractivity contribution in [3.63, 3.8) is 0 Å². The Kier molecular flexibility index (Phi) is 3.44. The Morgan fingerprint density at radius 1 is 1.53 bits per heavy atom. The molecule has 6 heteroatoms. The maximum absolute atomic E-state index is 10.8. The summed E-state index contributed by atoms with van der Waals surface area (Å²) in [6.45, 7) is 0. The van der Waals surface area contributed by atoms with Gasteiger partial charge in [-0.25, -0.2) is 9.78 Å². The van der Waals surface area contributed by atoms with Crippen molar-refractivity contribution in [1.29, 1.82) is 0 Å². The number of anilines is 2. The molecule has 0 saturated heterocycles. The van der Waals surface area contributed by atoms with Gasteiger partial charge in [0, 0.05) is 17.2 Å². The first kappa shape index (κ1) is 12.1. The first-order valence-corrected chi connectivity index (χ1v) is 6.37. The zero-order valence-electron chi connectivity index (χ0n) is 8.92. The number of benzene rings is 1. The SMILES string of the molecule is CN(c1cccc(Br)c1)c1ncc(C(=O)O)s1. The van der Waals surface area contributed by atoms with Gasteiger partial charge in [-0.15, -0.1) is 0 Å². The van der Waals surface area contributed by atoms with E-state index in [0.717, 1.165) is 21.5 Å². The fourth-order valence-electron chi connectivity index (χ4n) is 1.31. The summed E-state index contributed by atoms with van der Waals surface area (Å²) < 4.78 is 0.969. The van der Waals surface area contributed by atoms with Gasteiger partial charge in [0.25, 0.3) is 0 Å². The third-order valence-electron chi connectivity index (χ3n) is 2.19. The molecule has 0 bridgehead atoms. The second-order valence-corrected chi connectivity index (χ2v) is 5.28. The van der Waals surface area contributed by atoms with E-state index in [1.54, 1.807) is 0 Å². The molecule has 1 aromatic heterocycles. The van der Waals surface area contributed by atoms with E-state index in [1.165, 1.54) is 6.20 Å². The summed E-state index contributed by atoms with van der Waals surface area (Å²) in [4.78, 5) is 17.0. The van der Waals surface area contributed by atoms with Crippen LogP contribution >= 0.6 is 27.3 Å². The summed E-state index contributed by atoms with van der Waals surface area (Å²) in [5, 5.41) is 9.49. The molecule has 0 unspecified atom stereocenters. The predicted molar refractivity (Wildman–Crippen MR) is 71.3 cm³/mol. The summed E-state index contributed by atoms with van der Waals surface area (Å²) in [6.07, 6.45) is 1.37. The van der Waals surface area contributed by atoms with Crippen LogP contribution in [-0.2, 0) is 0 Å². The molecule has 2 aromatic rings. The molecule has 4 nitrogen and oxygen atoms in total. The van der Waals surface area contributed by atoms with Crippen molar-refractivity contribution >= 4 is 44.1 Å². The summed E-state index contributed by atoms with van der Waals surface area (Å²) >= 11 is 4.54. The van der Waals surface area contributed by atoms with Crippen molar-refractivity contribution in [2.45, 2.75) is 0 Å². The first-order valence-electron chi connectivity index (χ1n) is 4.76. The van der Waals surface area contributed by atoms with Crippen LogP contribution in [0.1, 0.15) is 9.67 Å². The van der Waals surface area contributed by atoms with Gasteiger partial charge < -0.3 is 10.0 Å². The smallest absolute Gasteiger partial charge is 0.347 e. The third-order valence-corrected chi connectivity index (χ3v) is 3.74. The number of halogens is 1. The molecule has 0 aliphatic heterocycles. The van der Waals surface area contributed by atoms with Crippen LogP contribution in [-0.4, -0.2) is 23.1 Å². The minimum Gasteiger partial charge on any atom is -0.477 e. The van der Waals surface area contributed by atoms with Crippen LogP contribution in [0, 0.1) is 0 Å². The van der Waals surface area contributed by atoms with Gasteiger partial charge in [-0.3, -0.25) is 0 Å². The number of carbonyl (C=O) groups is 1. The van der Waals surface area contributed by atoms with Crippen LogP contribution < -0.4 is 4.90 Å². The third kappa shape index (κ3) is 2.65. The molecular formula is C11H9BrN2O2S. The molecule has 0 aliphatic carbocycles. The van der Waals surface area contributed by atoms with Crippen molar-refractivity contribution < 1.29 is 9.90 Å². The molecule has 0 saturated carbocycles. The number of hydrogen-bond acceptors (Lipinski definition) is 4. The van der Waals surface area contributed by atoms with Crippen molar-refractivity contribution in [2.75, 3.05) is 11.9 Å². The molecule has 88 valence electrons. The van der Waals surface area contributed by atoms with E-state index in [2.05, 4.69) is 20.9 Å². The molecule has 2 rings (SSSR count). The lowest BCUT2D eigenvalue weighted by atomic mass is 10.3. The van der Waals surface area contributed by atoms with Crippen LogP contribution in [0.3, 0.4) is 0 Å². The highest BCUT2D eigenvalue weighted by atomic mass is 79.9. The highest BCUT2D eigenvalue weighted by Gasteiger charge is 2.12. The fraction of sp³-hybridized carbons (Fsp3) is 0.0909. The largest absolute Gasteiger partial charge is 0.477 e. The number of hydrogen-bond donors (Lipinski definition) is 1. The topological polar surface area (TPSA) is 53.4 Å². The molecule has 0 fully saturated rings. The van der Waals surface area contributed by atoms with E-state index in [4.69, 9.17) is 5.11 Å². The molecule has 0 radical (unpaired) electrons. The summed E-state index contributed by atoms with van der Waals surface area (Å²) in [5.74, 6) is -0.948. The van der Waals surface area contributed by atoms with E-state index in [-0.39, 0.29) is 4.88 Å². The molecule has 0 spiro atoms. The summed E-state index contributed by atoms with van der Waals surface area (Å²) in [5.41, 5.74) is 0.950. The van der Waals surface area contributed by atoms with Crippen LogP contribution in [0.2, 0.25) is 0 Å². The second kappa shape index (κ2) is 4.85. The fourth-order valence-corrected chi connectivity index (χ4v) is 2.44. The van der Waals surface area contributed by atoms with E-state index in [0.29, 0.717) is 5.13 Å². The molecule has 1 N–H and O–H groups in total. The maximum atomic E-state index is 10.8. The van der Waals surface area contributed by atoms with E-state index < -0.39 is 5.97 Å². The number of carboxylic acids is 1. The van der Waals surface area contributed by atoms with E-state index >= 15 is 0 Å². The number of rotatable bonds is 3. The van der Waals surface area contributed by atoms with Gasteiger partial charge in [0.15, 0.2) is 5.13 Å². The Bertz CT molecular complexity index is 556. The van der Waals surface area contributed by atoms with Crippen LogP contribution in [0.15, 0.2) is 34.9 Å². The highest BCUT2D eigenvalue weighted by molar-refractivity contribution is 9.10. The maximum Gasteiger partial charge on any atom is 0.347 e. The van der Waals surface area contributed by atoms with Gasteiger partial charge in [0.2, 0.25) is 0 Å². The van der Waals surface area contributed by atoms with Crippen LogP contribution in [0.5, 0.6) is 0 Å². The van der Waals surface area contributed by atoms with Crippen molar-refractivity contribution in [3.8, 4) is 0 Å². The summed E-state index contributed by atoms with van der Waals surface area (Å²) in [6, 6.07) is 7.73. The highest BCUT2D eigenvalue weighted by Crippen LogP contribution is 2.29. The average molecular weight is 313 g/mol.